The van der Waals surface area contributed by atoms with Gasteiger partial charge >= 0.3 is 12.1 Å². The van der Waals surface area contributed by atoms with Crippen molar-refractivity contribution in [3.63, 3.8) is 0 Å². The predicted molar refractivity (Wildman–Crippen MR) is 112 cm³/mol. The third kappa shape index (κ3) is 6.83. The van der Waals surface area contributed by atoms with E-state index in [1.165, 1.54) is 13.0 Å². The Morgan fingerprint density at radius 1 is 0.938 bits per heavy atom. The Balaban J connectivity index is 2.22. The van der Waals surface area contributed by atoms with Crippen molar-refractivity contribution in [2.45, 2.75) is 46.0 Å². The quantitative estimate of drug-likeness (QED) is 0.636. The number of nitrogens with one attached hydrogen (secondary N) is 2. The van der Waals surface area contributed by atoms with E-state index in [2.05, 4.69) is 10.6 Å². The first-order chi connectivity index (χ1) is 14.8. The van der Waals surface area contributed by atoms with Crippen LogP contribution in [0.25, 0.3) is 0 Å². The number of amides is 2. The first-order valence-electron chi connectivity index (χ1n) is 9.83. The number of anilines is 1. The Morgan fingerprint density at radius 2 is 1.56 bits per heavy atom. The van der Waals surface area contributed by atoms with Gasteiger partial charge < -0.3 is 15.4 Å². The average molecular weight is 450 g/mol. The van der Waals surface area contributed by atoms with Crippen molar-refractivity contribution in [3.8, 4) is 0 Å². The van der Waals surface area contributed by atoms with Crippen LogP contribution in [-0.4, -0.2) is 23.8 Å². The average Bonchev–Trinajstić information content (AvgIpc) is 2.71. The summed E-state index contributed by atoms with van der Waals surface area (Å²) < 4.78 is 44.2. The molecule has 9 heteroatoms. The minimum atomic E-state index is -4.58. The summed E-state index contributed by atoms with van der Waals surface area (Å²) in [5, 5.41) is 4.88. The Kier molecular flexibility index (Phi) is 7.66. The molecular formula is C23H25F3N2O4. The summed E-state index contributed by atoms with van der Waals surface area (Å²) in [6.07, 6.45) is -6.01. The van der Waals surface area contributed by atoms with Gasteiger partial charge in [-0.15, -0.1) is 0 Å². The van der Waals surface area contributed by atoms with Gasteiger partial charge in [-0.25, -0.2) is 4.79 Å². The van der Waals surface area contributed by atoms with E-state index in [-0.39, 0.29) is 11.6 Å². The number of halogens is 3. The second-order valence-corrected chi connectivity index (χ2v) is 8.24. The molecule has 2 amide bonds. The standard InChI is InChI=1S/C23H25F3N2O4/c1-14(27-21(31)22(2,3)4)20(30)32-18(15-9-6-5-7-10-15)19(29)28-17-12-8-11-16(13-17)23(24,25)26/h5-14,18H,1-4H3,(H,27,31)(H,28,29)/t14-,18-/m0/s1. The van der Waals surface area contributed by atoms with Crippen LogP contribution in [0.3, 0.4) is 0 Å². The van der Waals surface area contributed by atoms with Gasteiger partial charge in [-0.05, 0) is 25.1 Å². The maximum Gasteiger partial charge on any atom is 0.416 e. The van der Waals surface area contributed by atoms with Gasteiger partial charge in [0.15, 0.2) is 0 Å². The zero-order valence-corrected chi connectivity index (χ0v) is 18.1. The molecule has 0 aromatic heterocycles. The molecule has 2 atom stereocenters. The lowest BCUT2D eigenvalue weighted by atomic mass is 9.95. The zero-order valence-electron chi connectivity index (χ0n) is 18.1. The van der Waals surface area contributed by atoms with Crippen molar-refractivity contribution in [2.75, 3.05) is 5.32 Å². The number of benzene rings is 2. The van der Waals surface area contributed by atoms with Crippen LogP contribution in [-0.2, 0) is 25.3 Å². The maximum absolute atomic E-state index is 13.0. The molecule has 0 bridgehead atoms. The van der Waals surface area contributed by atoms with Gasteiger partial charge in [0.05, 0.1) is 5.56 Å². The molecule has 6 nitrogen and oxygen atoms in total. The van der Waals surface area contributed by atoms with Gasteiger partial charge in [-0.3, -0.25) is 9.59 Å². The second-order valence-electron chi connectivity index (χ2n) is 8.24. The smallest absolute Gasteiger partial charge is 0.416 e. The molecule has 32 heavy (non-hydrogen) atoms. The molecule has 2 N–H and O–H groups in total. The van der Waals surface area contributed by atoms with E-state index in [1.54, 1.807) is 51.1 Å². The van der Waals surface area contributed by atoms with Crippen LogP contribution in [0, 0.1) is 5.41 Å². The van der Waals surface area contributed by atoms with E-state index in [1.807, 2.05) is 0 Å². The third-order valence-corrected chi connectivity index (χ3v) is 4.41. The van der Waals surface area contributed by atoms with Crippen molar-refractivity contribution in [3.05, 3.63) is 65.7 Å². The molecule has 0 heterocycles. The van der Waals surface area contributed by atoms with E-state index in [4.69, 9.17) is 4.74 Å². The highest BCUT2D eigenvalue weighted by Gasteiger charge is 2.32. The summed E-state index contributed by atoms with van der Waals surface area (Å²) in [4.78, 5) is 37.6. The van der Waals surface area contributed by atoms with Crippen LogP contribution < -0.4 is 10.6 Å². The molecule has 0 aliphatic heterocycles. The van der Waals surface area contributed by atoms with Crippen molar-refractivity contribution in [2.24, 2.45) is 5.41 Å². The molecule has 172 valence electrons. The van der Waals surface area contributed by atoms with Gasteiger partial charge in [0.2, 0.25) is 12.0 Å². The first-order valence-corrected chi connectivity index (χ1v) is 9.83. The largest absolute Gasteiger partial charge is 0.446 e. The number of ether oxygens (including phenoxy) is 1. The van der Waals surface area contributed by atoms with Gasteiger partial charge in [-0.1, -0.05) is 57.2 Å². The predicted octanol–water partition coefficient (Wildman–Crippen LogP) is 4.48. The molecule has 0 spiro atoms. The minimum absolute atomic E-state index is 0.101. The molecule has 0 unspecified atom stereocenters. The number of esters is 1. The van der Waals surface area contributed by atoms with Crippen molar-refractivity contribution >= 4 is 23.5 Å². The van der Waals surface area contributed by atoms with E-state index in [0.717, 1.165) is 18.2 Å². The fraction of sp³-hybridized carbons (Fsp3) is 0.348. The highest BCUT2D eigenvalue weighted by molar-refractivity contribution is 5.96. The van der Waals surface area contributed by atoms with Crippen LogP contribution >= 0.6 is 0 Å². The van der Waals surface area contributed by atoms with Crippen LogP contribution in [0.1, 0.15) is 44.9 Å². The van der Waals surface area contributed by atoms with Gasteiger partial charge in [0, 0.05) is 16.7 Å². The summed E-state index contributed by atoms with van der Waals surface area (Å²) in [5.41, 5.74) is -1.45. The normalized spacial score (nSPS) is 13.6. The molecule has 2 aromatic rings. The van der Waals surface area contributed by atoms with Crippen LogP contribution in [0.2, 0.25) is 0 Å². The number of rotatable bonds is 6. The SMILES string of the molecule is C[C@H](NC(=O)C(C)(C)C)C(=O)O[C@H](C(=O)Nc1cccc(C(F)(F)F)c1)c1ccccc1. The first kappa shape index (κ1) is 24.9. The Morgan fingerprint density at radius 3 is 2.12 bits per heavy atom. The van der Waals surface area contributed by atoms with E-state index < -0.39 is 41.2 Å². The van der Waals surface area contributed by atoms with Crippen molar-refractivity contribution in [1.82, 2.24) is 5.32 Å². The Hall–Kier alpha value is -3.36. The summed E-state index contributed by atoms with van der Waals surface area (Å²) in [5.74, 6) is -2.08. The number of alkyl halides is 3. The fourth-order valence-electron chi connectivity index (χ4n) is 2.57. The van der Waals surface area contributed by atoms with Gasteiger partial charge in [0.25, 0.3) is 5.91 Å². The fourth-order valence-corrected chi connectivity index (χ4v) is 2.57. The Labute approximate surface area is 184 Å². The summed E-state index contributed by atoms with van der Waals surface area (Å²) in [6.45, 7) is 6.44. The Bertz CT molecular complexity index is 969. The number of hydrogen-bond donors (Lipinski definition) is 2. The molecule has 2 rings (SSSR count). The third-order valence-electron chi connectivity index (χ3n) is 4.41. The highest BCUT2D eigenvalue weighted by Crippen LogP contribution is 2.31. The molecule has 0 saturated carbocycles. The molecule has 0 radical (unpaired) electrons. The van der Waals surface area contributed by atoms with Gasteiger partial charge in [0.1, 0.15) is 6.04 Å². The van der Waals surface area contributed by atoms with Crippen LogP contribution in [0.5, 0.6) is 0 Å². The molecular weight excluding hydrogens is 425 g/mol. The second kappa shape index (κ2) is 9.84. The lowest BCUT2D eigenvalue weighted by Crippen LogP contribution is -2.45. The molecule has 0 fully saturated rings. The van der Waals surface area contributed by atoms with Crippen molar-refractivity contribution < 1.29 is 32.3 Å². The van der Waals surface area contributed by atoms with E-state index in [9.17, 15) is 27.6 Å². The lowest BCUT2D eigenvalue weighted by molar-refractivity contribution is -0.157. The maximum atomic E-state index is 13.0. The molecule has 0 aliphatic carbocycles. The number of carbonyl (C=O) groups excluding carboxylic acids is 3. The van der Waals surface area contributed by atoms with E-state index >= 15 is 0 Å². The van der Waals surface area contributed by atoms with Crippen LogP contribution in [0.15, 0.2) is 54.6 Å². The zero-order chi connectivity index (χ0) is 24.1. The van der Waals surface area contributed by atoms with Crippen LogP contribution in [0.4, 0.5) is 18.9 Å². The minimum Gasteiger partial charge on any atom is -0.446 e. The lowest BCUT2D eigenvalue weighted by Gasteiger charge is -2.23. The number of hydrogen-bond acceptors (Lipinski definition) is 4. The number of carbonyl (C=O) groups is 3. The van der Waals surface area contributed by atoms with Crippen molar-refractivity contribution in [1.29, 1.82) is 0 Å². The topological polar surface area (TPSA) is 84.5 Å². The van der Waals surface area contributed by atoms with Gasteiger partial charge in [-0.2, -0.15) is 13.2 Å². The molecule has 0 saturated heterocycles. The summed E-state index contributed by atoms with van der Waals surface area (Å²) in [6, 6.07) is 11.1. The monoisotopic (exact) mass is 450 g/mol. The molecule has 2 aromatic carbocycles. The molecule has 0 aliphatic rings. The highest BCUT2D eigenvalue weighted by atomic mass is 19.4. The van der Waals surface area contributed by atoms with E-state index in [0.29, 0.717) is 5.56 Å². The summed E-state index contributed by atoms with van der Waals surface area (Å²) in [7, 11) is 0. The summed E-state index contributed by atoms with van der Waals surface area (Å²) >= 11 is 0.